The Bertz CT molecular complexity index is 971. The lowest BCUT2D eigenvalue weighted by molar-refractivity contribution is -0.110. The Labute approximate surface area is 279 Å². The molecule has 0 amide bonds. The van der Waals surface area contributed by atoms with Crippen molar-refractivity contribution in [3.63, 3.8) is 0 Å². The van der Waals surface area contributed by atoms with Gasteiger partial charge in [0.2, 0.25) is 0 Å². The molecule has 0 aliphatic carbocycles. The zero-order chi connectivity index (χ0) is 32.4. The van der Waals surface area contributed by atoms with E-state index in [-0.39, 0.29) is 24.4 Å². The maximum atomic E-state index is 10.8. The Morgan fingerprint density at radius 3 is 1.37 bits per heavy atom. The van der Waals surface area contributed by atoms with Gasteiger partial charge in [0.15, 0.2) is 0 Å². The van der Waals surface area contributed by atoms with Gasteiger partial charge in [0.25, 0.3) is 0 Å². The minimum atomic E-state index is -0.432. The number of unbranched alkanes of at least 4 members (excludes halogenated alkanes) is 6. The second-order valence-corrected chi connectivity index (χ2v) is 13.6. The Morgan fingerprint density at radius 1 is 0.565 bits per heavy atom. The number of aliphatic hydroxyl groups excluding tert-OH is 2. The van der Waals surface area contributed by atoms with Gasteiger partial charge in [-0.3, -0.25) is 0 Å². The fourth-order valence-electron chi connectivity index (χ4n) is 6.77. The first-order chi connectivity index (χ1) is 22.6. The fraction of sp³-hybridized carbons (Fsp3) is 0.700. The molecule has 0 spiro atoms. The topological polar surface area (TPSA) is 77.4 Å². The molecule has 0 unspecified atom stereocenters. The molecule has 258 valence electrons. The van der Waals surface area contributed by atoms with Gasteiger partial charge in [-0.05, 0) is 125 Å². The van der Waals surface area contributed by atoms with E-state index >= 15 is 0 Å². The average Bonchev–Trinajstić information content (AvgIpc) is 3.78. The molecule has 0 aromatic heterocycles. The number of aliphatic hydroxyl groups is 2. The minimum absolute atomic E-state index is 0.0245. The van der Waals surface area contributed by atoms with Gasteiger partial charge < -0.3 is 29.2 Å². The maximum absolute atomic E-state index is 10.8. The molecule has 2 N–H and O–H groups in total. The van der Waals surface area contributed by atoms with Gasteiger partial charge in [-0.1, -0.05) is 63.8 Å². The third-order valence-electron chi connectivity index (χ3n) is 9.75. The molecule has 6 atom stereocenters. The zero-order valence-electron chi connectivity index (χ0n) is 28.8. The minimum Gasteiger partial charge on any atom is -0.494 e. The standard InChI is InChI=1S/C40H62O6/c1-3-5-13-31-17-21-33(22-18-31)43-29-11-7-9-15-35(41)37-25-27-39(45-37)40-28-26-38(46-40)36(42)16-10-8-12-30-44-34-23-19-32(20-24-34)14-6-4-2/h17-24,35-42H,3-16,25-30H2,1-2H3/t35-,36-,37-,38-,39-,40-/m1/s1. The van der Waals surface area contributed by atoms with Crippen molar-refractivity contribution in [3.05, 3.63) is 59.7 Å². The quantitative estimate of drug-likeness (QED) is 0.119. The number of hydrogen-bond donors (Lipinski definition) is 2. The summed E-state index contributed by atoms with van der Waals surface area (Å²) in [5.41, 5.74) is 2.75. The SMILES string of the molecule is CCCCc1ccc(OCCCCC[C@@H](O)[C@H]2CC[C@H]([C@H]3CC[C@H]([C@H](O)CCCCCOc4ccc(CCCC)cc4)O3)O2)cc1. The van der Waals surface area contributed by atoms with Crippen LogP contribution in [0.2, 0.25) is 0 Å². The summed E-state index contributed by atoms with van der Waals surface area (Å²) in [6.07, 6.45) is 17.2. The van der Waals surface area contributed by atoms with E-state index in [1.54, 1.807) is 0 Å². The van der Waals surface area contributed by atoms with Crippen LogP contribution in [0.5, 0.6) is 11.5 Å². The van der Waals surface area contributed by atoms with Crippen LogP contribution in [0, 0.1) is 0 Å². The van der Waals surface area contributed by atoms with Crippen LogP contribution in [-0.4, -0.2) is 60.1 Å². The van der Waals surface area contributed by atoms with Crippen LogP contribution in [0.15, 0.2) is 48.5 Å². The van der Waals surface area contributed by atoms with E-state index < -0.39 is 12.2 Å². The van der Waals surface area contributed by atoms with Gasteiger partial charge in [-0.15, -0.1) is 0 Å². The number of aryl methyl sites for hydroxylation is 2. The molecule has 0 bridgehead atoms. The highest BCUT2D eigenvalue weighted by Crippen LogP contribution is 2.34. The first-order valence-corrected chi connectivity index (χ1v) is 18.7. The van der Waals surface area contributed by atoms with Crippen LogP contribution >= 0.6 is 0 Å². The molecule has 2 saturated heterocycles. The molecule has 2 heterocycles. The molecule has 4 rings (SSSR count). The van der Waals surface area contributed by atoms with E-state index in [1.807, 2.05) is 0 Å². The van der Waals surface area contributed by atoms with Crippen molar-refractivity contribution in [2.75, 3.05) is 13.2 Å². The van der Waals surface area contributed by atoms with E-state index in [0.29, 0.717) is 13.2 Å². The highest BCUT2D eigenvalue weighted by molar-refractivity contribution is 5.28. The van der Waals surface area contributed by atoms with Crippen LogP contribution in [-0.2, 0) is 22.3 Å². The van der Waals surface area contributed by atoms with E-state index in [2.05, 4.69) is 62.4 Å². The largest absolute Gasteiger partial charge is 0.494 e. The maximum Gasteiger partial charge on any atom is 0.119 e. The van der Waals surface area contributed by atoms with Crippen molar-refractivity contribution < 1.29 is 29.2 Å². The molecule has 6 heteroatoms. The lowest BCUT2D eigenvalue weighted by Gasteiger charge is -2.24. The summed E-state index contributed by atoms with van der Waals surface area (Å²) in [6.45, 7) is 5.86. The Balaban J connectivity index is 1.00. The molecule has 2 aromatic carbocycles. The first kappa shape index (κ1) is 36.7. The molecule has 2 aromatic rings. The predicted octanol–water partition coefficient (Wildman–Crippen LogP) is 8.77. The molecule has 0 radical (unpaired) electrons. The summed E-state index contributed by atoms with van der Waals surface area (Å²) < 4.78 is 24.4. The second kappa shape index (κ2) is 21.0. The smallest absolute Gasteiger partial charge is 0.119 e. The monoisotopic (exact) mass is 638 g/mol. The average molecular weight is 639 g/mol. The Kier molecular flexibility index (Phi) is 16.7. The summed E-state index contributed by atoms with van der Waals surface area (Å²) in [7, 11) is 0. The zero-order valence-corrected chi connectivity index (χ0v) is 28.8. The van der Waals surface area contributed by atoms with Crippen molar-refractivity contribution in [1.29, 1.82) is 0 Å². The Morgan fingerprint density at radius 2 is 0.978 bits per heavy atom. The van der Waals surface area contributed by atoms with E-state index in [1.165, 1.54) is 36.8 Å². The van der Waals surface area contributed by atoms with Crippen molar-refractivity contribution in [3.8, 4) is 11.5 Å². The third kappa shape index (κ3) is 12.8. The highest BCUT2D eigenvalue weighted by Gasteiger charge is 2.40. The normalized spacial score (nSPS) is 22.6. The molecule has 46 heavy (non-hydrogen) atoms. The fourth-order valence-corrected chi connectivity index (χ4v) is 6.77. The summed E-state index contributed by atoms with van der Waals surface area (Å²) in [5.74, 6) is 1.88. The van der Waals surface area contributed by atoms with Gasteiger partial charge in [0.05, 0.1) is 49.8 Å². The second-order valence-electron chi connectivity index (χ2n) is 13.6. The van der Waals surface area contributed by atoms with Gasteiger partial charge >= 0.3 is 0 Å². The third-order valence-corrected chi connectivity index (χ3v) is 9.75. The molecular weight excluding hydrogens is 576 g/mol. The van der Waals surface area contributed by atoms with Gasteiger partial charge in [-0.25, -0.2) is 0 Å². The Hall–Kier alpha value is -2.12. The summed E-state index contributed by atoms with van der Waals surface area (Å²) >= 11 is 0. The molecule has 6 nitrogen and oxygen atoms in total. The first-order valence-electron chi connectivity index (χ1n) is 18.7. The highest BCUT2D eigenvalue weighted by atomic mass is 16.6. The van der Waals surface area contributed by atoms with E-state index in [4.69, 9.17) is 18.9 Å². The van der Waals surface area contributed by atoms with Gasteiger partial charge in [0, 0.05) is 0 Å². The summed E-state index contributed by atoms with van der Waals surface area (Å²) in [5, 5.41) is 21.6. The lowest BCUT2D eigenvalue weighted by Crippen LogP contribution is -2.33. The van der Waals surface area contributed by atoms with Gasteiger partial charge in [-0.2, -0.15) is 0 Å². The van der Waals surface area contributed by atoms with Crippen molar-refractivity contribution in [2.24, 2.45) is 0 Å². The molecular formula is C40H62O6. The predicted molar refractivity (Wildman–Crippen MR) is 186 cm³/mol. The number of benzene rings is 2. The van der Waals surface area contributed by atoms with Crippen molar-refractivity contribution in [1.82, 2.24) is 0 Å². The van der Waals surface area contributed by atoms with Crippen LogP contribution in [0.4, 0.5) is 0 Å². The van der Waals surface area contributed by atoms with Crippen LogP contribution in [0.3, 0.4) is 0 Å². The van der Waals surface area contributed by atoms with Crippen LogP contribution < -0.4 is 9.47 Å². The van der Waals surface area contributed by atoms with Crippen molar-refractivity contribution in [2.45, 2.75) is 166 Å². The molecule has 2 aliphatic rings. The summed E-state index contributed by atoms with van der Waals surface area (Å²) in [6, 6.07) is 17.0. The molecule has 2 aliphatic heterocycles. The lowest BCUT2D eigenvalue weighted by atomic mass is 10.0. The molecule has 0 saturated carbocycles. The number of rotatable bonds is 23. The van der Waals surface area contributed by atoms with E-state index in [9.17, 15) is 10.2 Å². The van der Waals surface area contributed by atoms with Crippen LogP contribution in [0.25, 0.3) is 0 Å². The number of ether oxygens (including phenoxy) is 4. The van der Waals surface area contributed by atoms with Gasteiger partial charge in [0.1, 0.15) is 11.5 Å². The van der Waals surface area contributed by atoms with Crippen molar-refractivity contribution >= 4 is 0 Å². The van der Waals surface area contributed by atoms with Crippen LogP contribution in [0.1, 0.15) is 128 Å². The molecule has 2 fully saturated rings. The summed E-state index contributed by atoms with van der Waals surface area (Å²) in [4.78, 5) is 0. The number of hydrogen-bond acceptors (Lipinski definition) is 6. The van der Waals surface area contributed by atoms with E-state index in [0.717, 1.165) is 101 Å².